The van der Waals surface area contributed by atoms with Gasteiger partial charge >= 0.3 is 5.97 Å². The third-order valence-electron chi connectivity index (χ3n) is 6.14. The highest BCUT2D eigenvalue weighted by Gasteiger charge is 2.52. The number of hydrogen-bond donors (Lipinski definition) is 1. The largest absolute Gasteiger partial charge is 0.494 e. The van der Waals surface area contributed by atoms with Gasteiger partial charge in [-0.3, -0.25) is 4.79 Å². The molecule has 0 bridgehead atoms. The highest BCUT2D eigenvalue weighted by Crippen LogP contribution is 2.52. The molecule has 1 saturated heterocycles. The van der Waals surface area contributed by atoms with Crippen LogP contribution in [0.3, 0.4) is 0 Å². The Bertz CT molecular complexity index is 909. The molecule has 2 aliphatic heterocycles. The van der Waals surface area contributed by atoms with E-state index in [9.17, 15) is 9.90 Å². The van der Waals surface area contributed by atoms with E-state index in [4.69, 9.17) is 18.9 Å². The Morgan fingerprint density at radius 3 is 2.61 bits per heavy atom. The van der Waals surface area contributed by atoms with Crippen LogP contribution in [0.25, 0.3) is 0 Å². The molecule has 6 nitrogen and oxygen atoms in total. The van der Waals surface area contributed by atoms with Crippen molar-refractivity contribution >= 4 is 5.97 Å². The Balaban J connectivity index is 1.62. The predicted molar refractivity (Wildman–Crippen MR) is 116 cm³/mol. The van der Waals surface area contributed by atoms with Crippen LogP contribution in [-0.2, 0) is 9.53 Å². The second kappa shape index (κ2) is 8.79. The van der Waals surface area contributed by atoms with Crippen molar-refractivity contribution in [2.45, 2.75) is 51.4 Å². The van der Waals surface area contributed by atoms with Gasteiger partial charge in [0.05, 0.1) is 18.6 Å². The molecule has 2 aliphatic rings. The number of carboxylic acids is 1. The van der Waals surface area contributed by atoms with Crippen LogP contribution in [0.4, 0.5) is 0 Å². The molecule has 31 heavy (non-hydrogen) atoms. The molecule has 0 aromatic heterocycles. The molecule has 166 valence electrons. The monoisotopic (exact) mass is 426 g/mol. The number of hydrogen-bond acceptors (Lipinski definition) is 5. The van der Waals surface area contributed by atoms with Crippen molar-refractivity contribution in [3.05, 3.63) is 54.1 Å². The van der Waals surface area contributed by atoms with Gasteiger partial charge in [-0.25, -0.2) is 0 Å². The summed E-state index contributed by atoms with van der Waals surface area (Å²) < 4.78 is 24.4. The topological polar surface area (TPSA) is 74.2 Å². The zero-order valence-electron chi connectivity index (χ0n) is 18.2. The Morgan fingerprint density at radius 1 is 1.13 bits per heavy atom. The van der Waals surface area contributed by atoms with E-state index in [-0.39, 0.29) is 18.6 Å². The minimum absolute atomic E-state index is 0.101. The maximum absolute atomic E-state index is 12.1. The molecule has 0 unspecified atom stereocenters. The first-order chi connectivity index (χ1) is 14.9. The SMILES string of the molecule is CCCOc1ccc2c(c1)[C@H]1O[C@@H](COc3ccccc3)[C@@H](C(=O)O)C[C@@H]1C(C)(C)O2. The molecular formula is C25H30O6. The third-order valence-corrected chi connectivity index (χ3v) is 6.14. The van der Waals surface area contributed by atoms with Gasteiger partial charge in [0.25, 0.3) is 0 Å². The van der Waals surface area contributed by atoms with Gasteiger partial charge in [0, 0.05) is 11.5 Å². The van der Waals surface area contributed by atoms with Gasteiger partial charge in [-0.1, -0.05) is 25.1 Å². The van der Waals surface area contributed by atoms with E-state index < -0.39 is 23.6 Å². The summed E-state index contributed by atoms with van der Waals surface area (Å²) in [6.07, 6.45) is 0.516. The van der Waals surface area contributed by atoms with E-state index in [0.717, 1.165) is 23.5 Å². The first kappa shape index (κ1) is 21.5. The lowest BCUT2D eigenvalue weighted by molar-refractivity contribution is -0.192. The summed E-state index contributed by atoms with van der Waals surface area (Å²) in [6, 6.07) is 15.2. The van der Waals surface area contributed by atoms with E-state index in [1.54, 1.807) is 0 Å². The molecule has 4 atom stereocenters. The molecule has 0 aliphatic carbocycles. The maximum atomic E-state index is 12.1. The lowest BCUT2D eigenvalue weighted by Crippen LogP contribution is -2.53. The minimum Gasteiger partial charge on any atom is -0.494 e. The van der Waals surface area contributed by atoms with Crippen molar-refractivity contribution in [1.82, 2.24) is 0 Å². The second-order valence-corrected chi connectivity index (χ2v) is 8.76. The molecule has 6 heteroatoms. The summed E-state index contributed by atoms with van der Waals surface area (Å²) in [5.74, 6) is 0.571. The third kappa shape index (κ3) is 4.49. The minimum atomic E-state index is -0.873. The molecule has 1 N–H and O–H groups in total. The summed E-state index contributed by atoms with van der Waals surface area (Å²) in [4.78, 5) is 12.1. The average molecular weight is 427 g/mol. The van der Waals surface area contributed by atoms with Crippen LogP contribution in [0.2, 0.25) is 0 Å². The van der Waals surface area contributed by atoms with Gasteiger partial charge in [0.15, 0.2) is 0 Å². The second-order valence-electron chi connectivity index (χ2n) is 8.76. The van der Waals surface area contributed by atoms with Crippen LogP contribution < -0.4 is 14.2 Å². The molecule has 0 radical (unpaired) electrons. The van der Waals surface area contributed by atoms with Gasteiger partial charge in [0.1, 0.15) is 35.6 Å². The van der Waals surface area contributed by atoms with Crippen molar-refractivity contribution in [2.75, 3.05) is 13.2 Å². The van der Waals surface area contributed by atoms with Crippen LogP contribution in [0.1, 0.15) is 45.3 Å². The molecule has 2 heterocycles. The number of ether oxygens (including phenoxy) is 4. The zero-order valence-corrected chi connectivity index (χ0v) is 18.2. The van der Waals surface area contributed by atoms with E-state index in [1.807, 2.05) is 62.4 Å². The molecule has 4 rings (SSSR count). The maximum Gasteiger partial charge on any atom is 0.309 e. The Morgan fingerprint density at radius 2 is 1.90 bits per heavy atom. The molecule has 0 amide bonds. The van der Waals surface area contributed by atoms with Crippen molar-refractivity contribution in [3.63, 3.8) is 0 Å². The standard InChI is InChI=1S/C25H30O6/c1-4-12-28-17-10-11-21-18(13-17)23-20(25(2,3)31-21)14-19(24(26)27)22(30-23)15-29-16-8-6-5-7-9-16/h5-11,13,19-20,22-23H,4,12,14-15H2,1-3H3,(H,26,27)/t19-,20-,22-,23+/m0/s1. The van der Waals surface area contributed by atoms with Crippen molar-refractivity contribution in [3.8, 4) is 17.2 Å². The van der Waals surface area contributed by atoms with Crippen LogP contribution in [0.15, 0.2) is 48.5 Å². The quantitative estimate of drug-likeness (QED) is 0.681. The summed E-state index contributed by atoms with van der Waals surface area (Å²) in [6.45, 7) is 6.87. The number of carboxylic acid groups (broad SMARTS) is 1. The number of benzene rings is 2. The predicted octanol–water partition coefficient (Wildman–Crippen LogP) is 4.87. The number of aliphatic carboxylic acids is 1. The summed E-state index contributed by atoms with van der Waals surface area (Å²) in [5.41, 5.74) is 0.356. The molecule has 2 aromatic carbocycles. The van der Waals surface area contributed by atoms with Gasteiger partial charge in [0.2, 0.25) is 0 Å². The van der Waals surface area contributed by atoms with E-state index in [2.05, 4.69) is 6.92 Å². The highest BCUT2D eigenvalue weighted by molar-refractivity contribution is 5.71. The molecule has 0 saturated carbocycles. The first-order valence-electron chi connectivity index (χ1n) is 10.9. The Kier molecular flexibility index (Phi) is 6.10. The molecule has 2 aromatic rings. The van der Waals surface area contributed by atoms with E-state index >= 15 is 0 Å². The fourth-order valence-corrected chi connectivity index (χ4v) is 4.49. The Hall–Kier alpha value is -2.73. The number of fused-ring (bicyclic) bond motifs is 3. The molecule has 1 fully saturated rings. The van der Waals surface area contributed by atoms with Crippen molar-refractivity contribution in [1.29, 1.82) is 0 Å². The lowest BCUT2D eigenvalue weighted by Gasteiger charge is -2.50. The van der Waals surface area contributed by atoms with E-state index in [1.165, 1.54) is 0 Å². The average Bonchev–Trinajstić information content (AvgIpc) is 2.76. The number of para-hydroxylation sites is 1. The lowest BCUT2D eigenvalue weighted by atomic mass is 9.72. The van der Waals surface area contributed by atoms with Crippen LogP contribution in [-0.4, -0.2) is 36.0 Å². The zero-order chi connectivity index (χ0) is 22.0. The first-order valence-corrected chi connectivity index (χ1v) is 10.9. The van der Waals surface area contributed by atoms with Gasteiger partial charge < -0.3 is 24.1 Å². The van der Waals surface area contributed by atoms with Gasteiger partial charge in [-0.2, -0.15) is 0 Å². The highest BCUT2D eigenvalue weighted by atomic mass is 16.6. The summed E-state index contributed by atoms with van der Waals surface area (Å²) in [5, 5.41) is 9.91. The van der Waals surface area contributed by atoms with Gasteiger partial charge in [-0.05, 0) is 57.0 Å². The Labute approximate surface area is 183 Å². The van der Waals surface area contributed by atoms with Gasteiger partial charge in [-0.15, -0.1) is 0 Å². The smallest absolute Gasteiger partial charge is 0.309 e. The van der Waals surface area contributed by atoms with Crippen LogP contribution in [0.5, 0.6) is 17.2 Å². The normalized spacial score (nSPS) is 26.2. The van der Waals surface area contributed by atoms with Crippen LogP contribution in [0, 0.1) is 11.8 Å². The van der Waals surface area contributed by atoms with Crippen molar-refractivity contribution in [2.24, 2.45) is 11.8 Å². The van der Waals surface area contributed by atoms with E-state index in [0.29, 0.717) is 18.8 Å². The van der Waals surface area contributed by atoms with Crippen molar-refractivity contribution < 1.29 is 28.8 Å². The fourth-order valence-electron chi connectivity index (χ4n) is 4.49. The molecule has 0 spiro atoms. The summed E-state index contributed by atoms with van der Waals surface area (Å²) >= 11 is 0. The molecular weight excluding hydrogens is 396 g/mol. The summed E-state index contributed by atoms with van der Waals surface area (Å²) in [7, 11) is 0. The fraction of sp³-hybridized carbons (Fsp3) is 0.480. The van der Waals surface area contributed by atoms with Crippen LogP contribution >= 0.6 is 0 Å². The number of carbonyl (C=O) groups is 1. The number of rotatable bonds is 7.